The number of benzene rings is 6. The lowest BCUT2D eigenvalue weighted by atomic mass is 9.93. The van der Waals surface area contributed by atoms with Gasteiger partial charge in [-0.1, -0.05) is 127 Å². The van der Waals surface area contributed by atoms with Crippen LogP contribution in [0.25, 0.3) is 66.1 Å². The standard InChI is InChI=1S/C34H22O/c1-2-12-23(13-3-1)26-16-8-9-19-29(26)33-30-20-10-11-21-31(30)34(35-33)32-27-17-6-4-14-24(27)22-25-15-5-7-18-28(25)32/h1-22H. The van der Waals surface area contributed by atoms with Crippen LogP contribution in [0.4, 0.5) is 0 Å². The highest BCUT2D eigenvalue weighted by Gasteiger charge is 2.21. The van der Waals surface area contributed by atoms with Gasteiger partial charge < -0.3 is 4.42 Å². The van der Waals surface area contributed by atoms with E-state index in [4.69, 9.17) is 4.42 Å². The molecule has 0 spiro atoms. The molecule has 1 nitrogen and oxygen atoms in total. The summed E-state index contributed by atoms with van der Waals surface area (Å²) < 4.78 is 6.92. The van der Waals surface area contributed by atoms with Crippen LogP contribution >= 0.6 is 0 Å². The number of rotatable bonds is 3. The molecule has 7 aromatic rings. The highest BCUT2D eigenvalue weighted by atomic mass is 16.3. The van der Waals surface area contributed by atoms with Gasteiger partial charge in [0.1, 0.15) is 11.5 Å². The Morgan fingerprint density at radius 3 is 1.51 bits per heavy atom. The number of hydrogen-bond donors (Lipinski definition) is 0. The molecule has 0 amide bonds. The molecular formula is C34H22O. The third-order valence-corrected chi connectivity index (χ3v) is 6.88. The molecule has 0 saturated heterocycles. The highest BCUT2D eigenvalue weighted by molar-refractivity contribution is 6.17. The molecule has 0 aliphatic carbocycles. The third-order valence-electron chi connectivity index (χ3n) is 6.88. The first-order valence-electron chi connectivity index (χ1n) is 12.0. The second-order valence-corrected chi connectivity index (χ2v) is 8.91. The summed E-state index contributed by atoms with van der Waals surface area (Å²) in [5.74, 6) is 1.83. The maximum Gasteiger partial charge on any atom is 0.143 e. The number of hydrogen-bond acceptors (Lipinski definition) is 1. The Hall–Kier alpha value is -4.62. The molecule has 0 N–H and O–H groups in total. The molecule has 0 aliphatic heterocycles. The fraction of sp³-hybridized carbons (Fsp3) is 0. The molecule has 1 aromatic heterocycles. The van der Waals surface area contributed by atoms with E-state index in [0.717, 1.165) is 33.4 Å². The monoisotopic (exact) mass is 446 g/mol. The predicted octanol–water partition coefficient (Wildman–Crippen LogP) is 9.74. The van der Waals surface area contributed by atoms with Crippen LogP contribution in [0, 0.1) is 0 Å². The summed E-state index contributed by atoms with van der Waals surface area (Å²) in [6.07, 6.45) is 0. The SMILES string of the molecule is c1ccc(-c2ccccc2-c2oc(-c3c4ccccc4cc4ccccc34)c3ccccc23)cc1. The second-order valence-electron chi connectivity index (χ2n) is 8.91. The maximum absolute atomic E-state index is 6.92. The predicted molar refractivity (Wildman–Crippen MR) is 148 cm³/mol. The van der Waals surface area contributed by atoms with Crippen LogP contribution in [0.2, 0.25) is 0 Å². The Bertz CT molecular complexity index is 1790. The van der Waals surface area contributed by atoms with Crippen LogP contribution in [-0.4, -0.2) is 0 Å². The normalized spacial score (nSPS) is 11.4. The maximum atomic E-state index is 6.92. The fourth-order valence-corrected chi connectivity index (χ4v) is 5.29. The summed E-state index contributed by atoms with van der Waals surface area (Å²) in [5.41, 5.74) is 4.60. The van der Waals surface area contributed by atoms with Crippen molar-refractivity contribution in [2.75, 3.05) is 0 Å². The first kappa shape index (κ1) is 19.8. The zero-order valence-corrected chi connectivity index (χ0v) is 19.1. The van der Waals surface area contributed by atoms with Gasteiger partial charge in [0.05, 0.1) is 0 Å². The minimum atomic E-state index is 0.909. The Kier molecular flexibility index (Phi) is 4.53. The molecule has 164 valence electrons. The van der Waals surface area contributed by atoms with E-state index in [-0.39, 0.29) is 0 Å². The Morgan fingerprint density at radius 2 is 0.857 bits per heavy atom. The minimum absolute atomic E-state index is 0.909. The molecular weight excluding hydrogens is 424 g/mol. The molecule has 0 fully saturated rings. The van der Waals surface area contributed by atoms with E-state index in [9.17, 15) is 0 Å². The van der Waals surface area contributed by atoms with Gasteiger partial charge in [-0.15, -0.1) is 0 Å². The van der Waals surface area contributed by atoms with Gasteiger partial charge in [0.15, 0.2) is 0 Å². The van der Waals surface area contributed by atoms with Crippen LogP contribution in [0.15, 0.2) is 138 Å². The molecule has 1 heterocycles. The number of fused-ring (bicyclic) bond motifs is 3. The van der Waals surface area contributed by atoms with Gasteiger partial charge in [0, 0.05) is 21.9 Å². The summed E-state index contributed by atoms with van der Waals surface area (Å²) in [6.45, 7) is 0. The lowest BCUT2D eigenvalue weighted by molar-refractivity contribution is 0.603. The van der Waals surface area contributed by atoms with E-state index >= 15 is 0 Å². The van der Waals surface area contributed by atoms with Crippen LogP contribution in [0.1, 0.15) is 0 Å². The molecule has 35 heavy (non-hydrogen) atoms. The van der Waals surface area contributed by atoms with Crippen molar-refractivity contribution < 1.29 is 4.42 Å². The van der Waals surface area contributed by atoms with Gasteiger partial charge in [-0.3, -0.25) is 0 Å². The van der Waals surface area contributed by atoms with Gasteiger partial charge in [-0.25, -0.2) is 0 Å². The summed E-state index contributed by atoms with van der Waals surface area (Å²) in [7, 11) is 0. The van der Waals surface area contributed by atoms with Crippen molar-refractivity contribution in [3.8, 4) is 33.8 Å². The molecule has 7 rings (SSSR count). The van der Waals surface area contributed by atoms with Crippen molar-refractivity contribution in [2.24, 2.45) is 0 Å². The van der Waals surface area contributed by atoms with Crippen molar-refractivity contribution in [1.29, 1.82) is 0 Å². The van der Waals surface area contributed by atoms with Crippen molar-refractivity contribution in [3.63, 3.8) is 0 Å². The largest absolute Gasteiger partial charge is 0.455 e. The van der Waals surface area contributed by atoms with E-state index in [1.807, 2.05) is 0 Å². The van der Waals surface area contributed by atoms with Gasteiger partial charge in [-0.05, 0) is 38.7 Å². The molecule has 0 radical (unpaired) electrons. The van der Waals surface area contributed by atoms with Crippen LogP contribution in [-0.2, 0) is 0 Å². The third kappa shape index (κ3) is 3.17. The number of furan rings is 1. The van der Waals surface area contributed by atoms with E-state index < -0.39 is 0 Å². The van der Waals surface area contributed by atoms with Crippen LogP contribution in [0.3, 0.4) is 0 Å². The van der Waals surface area contributed by atoms with Crippen molar-refractivity contribution >= 4 is 32.3 Å². The zero-order chi connectivity index (χ0) is 23.2. The summed E-state index contributed by atoms with van der Waals surface area (Å²) in [5, 5.41) is 7.10. The smallest absolute Gasteiger partial charge is 0.143 e. The van der Waals surface area contributed by atoms with E-state index in [1.54, 1.807) is 0 Å². The van der Waals surface area contributed by atoms with Crippen molar-refractivity contribution in [3.05, 3.63) is 133 Å². The van der Waals surface area contributed by atoms with Gasteiger partial charge in [0.25, 0.3) is 0 Å². The highest BCUT2D eigenvalue weighted by Crippen LogP contribution is 2.46. The van der Waals surface area contributed by atoms with Crippen LogP contribution < -0.4 is 0 Å². The summed E-state index contributed by atoms with van der Waals surface area (Å²) in [6, 6.07) is 47.1. The first-order chi connectivity index (χ1) is 17.4. The second kappa shape index (κ2) is 8.00. The van der Waals surface area contributed by atoms with Crippen LogP contribution in [0.5, 0.6) is 0 Å². The molecule has 0 saturated carbocycles. The molecule has 0 aliphatic rings. The van der Waals surface area contributed by atoms with Gasteiger partial charge in [-0.2, -0.15) is 0 Å². The van der Waals surface area contributed by atoms with E-state index in [1.165, 1.54) is 32.7 Å². The van der Waals surface area contributed by atoms with Gasteiger partial charge in [0.2, 0.25) is 0 Å². The molecule has 0 unspecified atom stereocenters. The topological polar surface area (TPSA) is 13.1 Å². The van der Waals surface area contributed by atoms with E-state index in [2.05, 4.69) is 133 Å². The van der Waals surface area contributed by atoms with Gasteiger partial charge >= 0.3 is 0 Å². The lowest BCUT2D eigenvalue weighted by Crippen LogP contribution is -1.85. The molecule has 0 atom stereocenters. The summed E-state index contributed by atoms with van der Waals surface area (Å²) in [4.78, 5) is 0. The Morgan fingerprint density at radius 1 is 0.371 bits per heavy atom. The zero-order valence-electron chi connectivity index (χ0n) is 19.1. The van der Waals surface area contributed by atoms with E-state index in [0.29, 0.717) is 0 Å². The molecule has 1 heteroatoms. The average Bonchev–Trinajstić information content (AvgIpc) is 3.31. The summed E-state index contributed by atoms with van der Waals surface area (Å²) >= 11 is 0. The Balaban J connectivity index is 1.59. The quantitative estimate of drug-likeness (QED) is 0.246. The average molecular weight is 447 g/mol. The fourth-order valence-electron chi connectivity index (χ4n) is 5.29. The lowest BCUT2D eigenvalue weighted by Gasteiger charge is -2.11. The first-order valence-corrected chi connectivity index (χ1v) is 12.0. The minimum Gasteiger partial charge on any atom is -0.455 e. The molecule has 0 bridgehead atoms. The Labute approximate surface area is 203 Å². The molecule has 6 aromatic carbocycles. The van der Waals surface area contributed by atoms with Crippen molar-refractivity contribution in [2.45, 2.75) is 0 Å². The van der Waals surface area contributed by atoms with Crippen molar-refractivity contribution in [1.82, 2.24) is 0 Å².